The van der Waals surface area contributed by atoms with E-state index in [4.69, 9.17) is 10.5 Å². The molecule has 0 aliphatic carbocycles. The van der Waals surface area contributed by atoms with Crippen LogP contribution in [0.15, 0.2) is 11.1 Å². The summed E-state index contributed by atoms with van der Waals surface area (Å²) in [5.41, 5.74) is 4.87. The van der Waals surface area contributed by atoms with Gasteiger partial charge in [-0.25, -0.2) is 4.98 Å². The van der Waals surface area contributed by atoms with Crippen LogP contribution in [0, 0.1) is 0 Å². The average molecular weight is 377 g/mol. The molecule has 3 rings (SSSR count). The fourth-order valence-electron chi connectivity index (χ4n) is 2.39. The summed E-state index contributed by atoms with van der Waals surface area (Å²) in [5.74, 6) is -0.532. The van der Waals surface area contributed by atoms with Gasteiger partial charge < -0.3 is 35.0 Å². The minimum absolute atomic E-state index is 0.0270. The topological polar surface area (TPSA) is 202 Å². The number of hydrogen-bond acceptors (Lipinski definition) is 11. The first-order valence-corrected chi connectivity index (χ1v) is 9.71. The minimum atomic E-state index is -4.85. The number of anilines is 1. The molecule has 4 atom stereocenters. The third-order valence-corrected chi connectivity index (χ3v) is 5.65. The van der Waals surface area contributed by atoms with Crippen molar-refractivity contribution >= 4 is 35.3 Å². The van der Waals surface area contributed by atoms with Gasteiger partial charge in [-0.05, 0) is 6.80 Å². The molecule has 2 aromatic heterocycles. The van der Waals surface area contributed by atoms with Crippen LogP contribution in [0.3, 0.4) is 0 Å². The lowest BCUT2D eigenvalue weighted by molar-refractivity contribution is -0.302. The maximum atomic E-state index is 11.7. The predicted octanol–water partition coefficient (Wildman–Crippen LogP) is -3.12. The van der Waals surface area contributed by atoms with Crippen molar-refractivity contribution in [1.29, 1.82) is 0 Å². The highest BCUT2D eigenvalue weighted by atomic mass is 32.7. The van der Waals surface area contributed by atoms with Crippen LogP contribution in [0.5, 0.6) is 0 Å². The smallest absolute Gasteiger partial charge is 0.280 e. The molecule has 5 N–H and O–H groups in total. The van der Waals surface area contributed by atoms with E-state index in [0.717, 1.165) is 0 Å². The Morgan fingerprint density at radius 1 is 1.46 bits per heavy atom. The molecule has 2 unspecified atom stereocenters. The molecule has 24 heavy (non-hydrogen) atoms. The Hall–Kier alpha value is -1.47. The van der Waals surface area contributed by atoms with Gasteiger partial charge in [0.1, 0.15) is 12.2 Å². The molecule has 0 aromatic carbocycles. The summed E-state index contributed by atoms with van der Waals surface area (Å²) in [7, 11) is 0. The monoisotopic (exact) mass is 377 g/mol. The van der Waals surface area contributed by atoms with Gasteiger partial charge >= 0.3 is 0 Å². The Bertz CT molecular complexity index is 865. The summed E-state index contributed by atoms with van der Waals surface area (Å²) in [6.45, 7) is -4.85. The van der Waals surface area contributed by atoms with Crippen molar-refractivity contribution < 1.29 is 29.3 Å². The number of fused-ring (bicyclic) bond motifs is 1. The van der Waals surface area contributed by atoms with Crippen molar-refractivity contribution in [2.45, 2.75) is 24.5 Å². The maximum Gasteiger partial charge on any atom is 0.280 e. The number of aliphatic hydroxyl groups excluding tert-OH is 2. The molecule has 3 heterocycles. The number of nitrogens with two attached hydrogens (primary N) is 1. The largest absolute Gasteiger partial charge is 0.803 e. The first-order valence-electron chi connectivity index (χ1n) is 6.58. The van der Waals surface area contributed by atoms with E-state index in [1.807, 2.05) is 0 Å². The van der Waals surface area contributed by atoms with Crippen LogP contribution in [0.2, 0.25) is 0 Å². The predicted molar refractivity (Wildman–Crippen MR) is 78.5 cm³/mol. The standard InChI is InChI=1S/C10H14N5O7PS/c11-10-13-7-4(8(18)14-10)12-2-15(7)9-6(17)5(16)3(22-9)1-24-23(19,20)21/h2-3,5-6,9,16-17H,1H2,(H2,19,20,21)(H3,11,13,14,18)/p-2/t3-,5?,6?,9-/m1/s1. The first kappa shape index (κ1) is 17.4. The number of ether oxygens (including phenoxy) is 1. The van der Waals surface area contributed by atoms with Gasteiger partial charge in [0.25, 0.3) is 5.56 Å². The van der Waals surface area contributed by atoms with Crippen molar-refractivity contribution in [2.24, 2.45) is 0 Å². The molecule has 1 fully saturated rings. The molecule has 14 heteroatoms. The van der Waals surface area contributed by atoms with E-state index in [1.165, 1.54) is 10.9 Å². The van der Waals surface area contributed by atoms with Crippen LogP contribution in [0.25, 0.3) is 11.2 Å². The minimum Gasteiger partial charge on any atom is -0.803 e. The number of nitrogens with zero attached hydrogens (tertiary/aromatic N) is 3. The van der Waals surface area contributed by atoms with E-state index in [9.17, 15) is 29.4 Å². The van der Waals surface area contributed by atoms with Crippen LogP contribution in [0.1, 0.15) is 6.23 Å². The van der Waals surface area contributed by atoms with Crippen LogP contribution in [-0.4, -0.2) is 53.8 Å². The Labute approximate surface area is 137 Å². The second-order valence-electron chi connectivity index (χ2n) is 5.06. The van der Waals surface area contributed by atoms with Crippen LogP contribution in [-0.2, 0) is 9.30 Å². The number of H-pyrrole nitrogens is 1. The second kappa shape index (κ2) is 6.11. The van der Waals surface area contributed by atoms with Gasteiger partial charge in [0.15, 0.2) is 17.4 Å². The van der Waals surface area contributed by atoms with Crippen LogP contribution >= 0.6 is 18.2 Å². The lowest BCUT2D eigenvalue weighted by Gasteiger charge is -2.29. The average Bonchev–Trinajstić information content (AvgIpc) is 3.00. The molecule has 1 aliphatic rings. The van der Waals surface area contributed by atoms with Gasteiger partial charge in [-0.15, -0.1) is 11.4 Å². The summed E-state index contributed by atoms with van der Waals surface area (Å²) < 4.78 is 17.3. The number of imidazole rings is 1. The fraction of sp³-hybridized carbons (Fsp3) is 0.500. The molecular weight excluding hydrogens is 365 g/mol. The number of aromatic nitrogens is 4. The molecule has 12 nitrogen and oxygen atoms in total. The third kappa shape index (κ3) is 3.19. The number of rotatable bonds is 4. The van der Waals surface area contributed by atoms with Gasteiger partial charge in [-0.2, -0.15) is 4.98 Å². The quantitative estimate of drug-likeness (QED) is 0.392. The van der Waals surface area contributed by atoms with Crippen molar-refractivity contribution in [2.75, 3.05) is 11.5 Å². The molecule has 0 amide bonds. The summed E-state index contributed by atoms with van der Waals surface area (Å²) in [6, 6.07) is 0. The van der Waals surface area contributed by atoms with Gasteiger partial charge in [0, 0.05) is 5.75 Å². The highest BCUT2D eigenvalue weighted by Gasteiger charge is 2.44. The Morgan fingerprint density at radius 3 is 2.83 bits per heavy atom. The summed E-state index contributed by atoms with van der Waals surface area (Å²) >= 11 is 0.0773. The Kier molecular flexibility index (Phi) is 4.42. The third-order valence-electron chi connectivity index (χ3n) is 3.46. The Morgan fingerprint density at radius 2 is 2.17 bits per heavy atom. The molecule has 2 aromatic rings. The number of aromatic amines is 1. The van der Waals surface area contributed by atoms with Crippen molar-refractivity contribution in [3.05, 3.63) is 16.7 Å². The van der Waals surface area contributed by atoms with Crippen molar-refractivity contribution in [3.8, 4) is 0 Å². The van der Waals surface area contributed by atoms with Crippen LogP contribution in [0.4, 0.5) is 5.95 Å². The second-order valence-corrected chi connectivity index (χ2v) is 8.67. The molecular formula is C10H12N5O7PS-2. The number of hydrogen-bond donors (Lipinski definition) is 4. The van der Waals surface area contributed by atoms with Crippen molar-refractivity contribution in [3.63, 3.8) is 0 Å². The van der Waals surface area contributed by atoms with E-state index in [0.29, 0.717) is 0 Å². The van der Waals surface area contributed by atoms with E-state index < -0.39 is 36.9 Å². The molecule has 132 valence electrons. The molecule has 0 bridgehead atoms. The molecule has 0 radical (unpaired) electrons. The zero-order chi connectivity index (χ0) is 17.6. The summed E-state index contributed by atoms with van der Waals surface area (Å²) in [6.07, 6.45) is -4.00. The molecule has 0 spiro atoms. The highest BCUT2D eigenvalue weighted by Crippen LogP contribution is 2.44. The maximum absolute atomic E-state index is 11.7. The lowest BCUT2D eigenvalue weighted by Crippen LogP contribution is -2.33. The zero-order valence-corrected chi connectivity index (χ0v) is 13.5. The molecule has 1 aliphatic heterocycles. The van der Waals surface area contributed by atoms with E-state index >= 15 is 0 Å². The molecule has 1 saturated heterocycles. The molecule has 0 saturated carbocycles. The fourth-order valence-corrected chi connectivity index (χ4v) is 3.98. The Balaban J connectivity index is 1.90. The summed E-state index contributed by atoms with van der Waals surface area (Å²) in [4.78, 5) is 43.2. The zero-order valence-electron chi connectivity index (χ0n) is 11.8. The number of nitrogens with one attached hydrogen (secondary N) is 1. The van der Waals surface area contributed by atoms with Crippen molar-refractivity contribution in [1.82, 2.24) is 19.5 Å². The SMILES string of the molecule is Nc1nc2c(ncn2[C@@H]2O[C@H](CSP(=O)([O-])[O-])C(O)C2O)c(=O)[nH]1. The summed E-state index contributed by atoms with van der Waals surface area (Å²) in [5, 5.41) is 20.1. The number of aliphatic hydroxyl groups is 2. The van der Waals surface area contributed by atoms with E-state index in [-0.39, 0.29) is 34.2 Å². The van der Waals surface area contributed by atoms with Gasteiger partial charge in [-0.1, -0.05) is 0 Å². The van der Waals surface area contributed by atoms with Gasteiger partial charge in [0.2, 0.25) is 5.95 Å². The highest BCUT2D eigenvalue weighted by molar-refractivity contribution is 8.53. The lowest BCUT2D eigenvalue weighted by atomic mass is 10.1. The van der Waals surface area contributed by atoms with E-state index in [2.05, 4.69) is 15.0 Å². The number of nitrogen functional groups attached to an aromatic ring is 1. The van der Waals surface area contributed by atoms with Gasteiger partial charge in [0.05, 0.1) is 12.4 Å². The van der Waals surface area contributed by atoms with Crippen LogP contribution < -0.4 is 21.1 Å². The first-order chi connectivity index (χ1) is 11.2. The van der Waals surface area contributed by atoms with Gasteiger partial charge in [-0.3, -0.25) is 14.3 Å². The van der Waals surface area contributed by atoms with E-state index in [1.54, 1.807) is 0 Å². The normalized spacial score (nSPS) is 27.8.